The van der Waals surface area contributed by atoms with Gasteiger partial charge in [-0.15, -0.1) is 15.3 Å². The van der Waals surface area contributed by atoms with Crippen molar-refractivity contribution in [1.82, 2.24) is 30.5 Å². The van der Waals surface area contributed by atoms with E-state index >= 15 is 0 Å². The predicted octanol–water partition coefficient (Wildman–Crippen LogP) is 4.34. The predicted molar refractivity (Wildman–Crippen MR) is 117 cm³/mol. The minimum Gasteiger partial charge on any atom is -0.507 e. The molecule has 160 valence electrons. The Morgan fingerprint density at radius 2 is 1.77 bits per heavy atom. The molecule has 1 fully saturated rings. The van der Waals surface area contributed by atoms with Crippen molar-refractivity contribution in [3.8, 4) is 28.1 Å². The van der Waals surface area contributed by atoms with E-state index in [1.165, 1.54) is 0 Å². The molecule has 0 unspecified atom stereocenters. The lowest BCUT2D eigenvalue weighted by Crippen LogP contribution is -2.58. The van der Waals surface area contributed by atoms with Gasteiger partial charge < -0.3 is 14.8 Å². The van der Waals surface area contributed by atoms with E-state index in [2.05, 4.69) is 53.5 Å². The number of aromatic nitrogens is 5. The monoisotopic (exact) mass is 418 g/mol. The summed E-state index contributed by atoms with van der Waals surface area (Å²) in [5.74, 6) is 0.126. The molecule has 0 radical (unpaired) electrons. The van der Waals surface area contributed by atoms with Gasteiger partial charge in [0, 0.05) is 22.2 Å². The molecule has 8 nitrogen and oxygen atoms in total. The van der Waals surface area contributed by atoms with Crippen LogP contribution < -0.4 is 5.32 Å². The van der Waals surface area contributed by atoms with Gasteiger partial charge in [0.1, 0.15) is 11.3 Å². The Morgan fingerprint density at radius 3 is 2.45 bits per heavy atom. The van der Waals surface area contributed by atoms with Gasteiger partial charge in [-0.1, -0.05) is 11.3 Å². The van der Waals surface area contributed by atoms with E-state index in [4.69, 9.17) is 4.42 Å². The largest absolute Gasteiger partial charge is 0.507 e. The average molecular weight is 419 g/mol. The fourth-order valence-corrected chi connectivity index (χ4v) is 4.93. The molecule has 1 aliphatic heterocycles. The van der Waals surface area contributed by atoms with Gasteiger partial charge >= 0.3 is 0 Å². The van der Waals surface area contributed by atoms with Crippen LogP contribution in [0, 0.1) is 0 Å². The highest BCUT2D eigenvalue weighted by Crippen LogP contribution is 2.37. The SMILES string of the molecule is CC1(C)CC(n2nnc3cc(-c4ccc(-c5ccoc5)cc4O)nnc32)CC(C)(C)N1. The molecule has 1 saturated heterocycles. The molecule has 3 aromatic heterocycles. The molecule has 0 bridgehead atoms. The fraction of sp³-hybridized carbons (Fsp3) is 0.391. The maximum Gasteiger partial charge on any atom is 0.201 e. The van der Waals surface area contributed by atoms with Crippen molar-refractivity contribution in [3.05, 3.63) is 42.9 Å². The molecular weight excluding hydrogens is 392 g/mol. The van der Waals surface area contributed by atoms with E-state index in [9.17, 15) is 5.11 Å². The highest BCUT2D eigenvalue weighted by molar-refractivity contribution is 5.79. The Hall–Kier alpha value is -3.26. The number of fused-ring (bicyclic) bond motifs is 1. The third-order valence-electron chi connectivity index (χ3n) is 5.86. The molecule has 0 saturated carbocycles. The molecule has 5 rings (SSSR count). The van der Waals surface area contributed by atoms with Gasteiger partial charge in [0.25, 0.3) is 0 Å². The van der Waals surface area contributed by atoms with Crippen LogP contribution in [0.4, 0.5) is 0 Å². The number of hydrogen-bond acceptors (Lipinski definition) is 7. The minimum absolute atomic E-state index is 0.0133. The van der Waals surface area contributed by atoms with Gasteiger partial charge in [0.2, 0.25) is 5.65 Å². The summed E-state index contributed by atoms with van der Waals surface area (Å²) in [6, 6.07) is 9.30. The van der Waals surface area contributed by atoms with Gasteiger partial charge in [-0.2, -0.15) is 0 Å². The van der Waals surface area contributed by atoms with E-state index in [1.807, 2.05) is 28.9 Å². The Bertz CT molecular complexity index is 1230. The molecule has 31 heavy (non-hydrogen) atoms. The number of benzene rings is 1. The van der Waals surface area contributed by atoms with Crippen molar-refractivity contribution in [2.24, 2.45) is 0 Å². The number of phenols is 1. The summed E-state index contributed by atoms with van der Waals surface area (Å²) in [6.45, 7) is 8.83. The minimum atomic E-state index is -0.0133. The molecule has 2 N–H and O–H groups in total. The van der Waals surface area contributed by atoms with Crippen LogP contribution in [-0.2, 0) is 0 Å². The molecule has 0 amide bonds. The highest BCUT2D eigenvalue weighted by Gasteiger charge is 2.39. The highest BCUT2D eigenvalue weighted by atomic mass is 16.3. The number of nitrogens with one attached hydrogen (secondary N) is 1. The van der Waals surface area contributed by atoms with E-state index in [1.54, 1.807) is 18.6 Å². The van der Waals surface area contributed by atoms with Crippen LogP contribution in [0.15, 0.2) is 47.3 Å². The standard InChI is InChI=1S/C23H26N6O2/c1-22(2)11-16(12-23(3,4)27-22)29-21-19(25-28-29)10-18(24-26-21)17-6-5-14(9-20(17)30)15-7-8-31-13-15/h5-10,13,16,27,30H,11-12H2,1-4H3. The zero-order chi connectivity index (χ0) is 21.8. The van der Waals surface area contributed by atoms with Crippen LogP contribution in [0.25, 0.3) is 33.5 Å². The second-order valence-electron chi connectivity index (χ2n) is 9.67. The zero-order valence-electron chi connectivity index (χ0n) is 18.1. The number of furan rings is 1. The lowest BCUT2D eigenvalue weighted by atomic mass is 9.80. The van der Waals surface area contributed by atoms with E-state index < -0.39 is 0 Å². The summed E-state index contributed by atoms with van der Waals surface area (Å²) in [4.78, 5) is 0. The Balaban J connectivity index is 1.49. The molecule has 0 atom stereocenters. The maximum absolute atomic E-state index is 10.6. The van der Waals surface area contributed by atoms with Crippen LogP contribution in [0.2, 0.25) is 0 Å². The van der Waals surface area contributed by atoms with E-state index in [0.29, 0.717) is 22.4 Å². The van der Waals surface area contributed by atoms with Gasteiger partial charge in [0.15, 0.2) is 0 Å². The first kappa shape index (κ1) is 19.7. The summed E-state index contributed by atoms with van der Waals surface area (Å²) < 4.78 is 7.03. The average Bonchev–Trinajstić information content (AvgIpc) is 3.35. The van der Waals surface area contributed by atoms with Gasteiger partial charge in [0.05, 0.1) is 24.3 Å². The molecule has 0 spiro atoms. The third-order valence-corrected chi connectivity index (χ3v) is 5.86. The maximum atomic E-state index is 10.6. The number of rotatable bonds is 3. The molecule has 1 aromatic carbocycles. The second-order valence-corrected chi connectivity index (χ2v) is 9.67. The summed E-state index contributed by atoms with van der Waals surface area (Å²) in [7, 11) is 0. The molecule has 8 heteroatoms. The number of aromatic hydroxyl groups is 1. The summed E-state index contributed by atoms with van der Waals surface area (Å²) in [6.07, 6.45) is 5.10. The van der Waals surface area contributed by atoms with Crippen molar-refractivity contribution < 1.29 is 9.52 Å². The fourth-order valence-electron chi connectivity index (χ4n) is 4.93. The van der Waals surface area contributed by atoms with Gasteiger partial charge in [-0.3, -0.25) is 0 Å². The summed E-state index contributed by atoms with van der Waals surface area (Å²) in [5.41, 5.74) is 4.22. The topological polar surface area (TPSA) is 102 Å². The molecular formula is C23H26N6O2. The summed E-state index contributed by atoms with van der Waals surface area (Å²) in [5, 5.41) is 31.9. The van der Waals surface area contributed by atoms with Crippen molar-refractivity contribution in [3.63, 3.8) is 0 Å². The quantitative estimate of drug-likeness (QED) is 0.510. The first-order valence-corrected chi connectivity index (χ1v) is 10.4. The van der Waals surface area contributed by atoms with Crippen molar-refractivity contribution in [2.75, 3.05) is 0 Å². The number of phenolic OH excluding ortho intramolecular Hbond substituents is 1. The molecule has 4 heterocycles. The van der Waals surface area contributed by atoms with Crippen LogP contribution in [-0.4, -0.2) is 41.4 Å². The van der Waals surface area contributed by atoms with Crippen LogP contribution in [0.5, 0.6) is 5.75 Å². The summed E-state index contributed by atoms with van der Waals surface area (Å²) >= 11 is 0. The lowest BCUT2D eigenvalue weighted by molar-refractivity contribution is 0.127. The zero-order valence-corrected chi connectivity index (χ0v) is 18.1. The number of nitrogens with zero attached hydrogens (tertiary/aromatic N) is 5. The Labute approximate surface area is 180 Å². The smallest absolute Gasteiger partial charge is 0.201 e. The van der Waals surface area contributed by atoms with Crippen molar-refractivity contribution in [2.45, 2.75) is 57.7 Å². The van der Waals surface area contributed by atoms with Crippen molar-refractivity contribution in [1.29, 1.82) is 0 Å². The van der Waals surface area contributed by atoms with Crippen LogP contribution in [0.1, 0.15) is 46.6 Å². The number of hydrogen-bond donors (Lipinski definition) is 2. The first-order chi connectivity index (χ1) is 14.7. The number of piperidine rings is 1. The van der Waals surface area contributed by atoms with E-state index in [-0.39, 0.29) is 22.9 Å². The Kier molecular flexibility index (Phi) is 4.37. The van der Waals surface area contributed by atoms with Crippen molar-refractivity contribution >= 4 is 11.2 Å². The lowest BCUT2D eigenvalue weighted by Gasteiger charge is -2.46. The first-order valence-electron chi connectivity index (χ1n) is 10.4. The van der Waals surface area contributed by atoms with Crippen LogP contribution in [0.3, 0.4) is 0 Å². The van der Waals surface area contributed by atoms with E-state index in [0.717, 1.165) is 24.0 Å². The molecule has 1 aliphatic rings. The Morgan fingerprint density at radius 1 is 1.00 bits per heavy atom. The normalized spacial score (nSPS) is 18.5. The molecule has 4 aromatic rings. The third kappa shape index (κ3) is 3.67. The second kappa shape index (κ2) is 6.88. The van der Waals surface area contributed by atoms with Crippen LogP contribution >= 0.6 is 0 Å². The van der Waals surface area contributed by atoms with Gasteiger partial charge in [-0.05, 0) is 70.4 Å². The van der Waals surface area contributed by atoms with Gasteiger partial charge in [-0.25, -0.2) is 4.68 Å². The molecule has 0 aliphatic carbocycles.